The average Bonchev–Trinajstić information content (AvgIpc) is 3.40. The zero-order valence-corrected chi connectivity index (χ0v) is 25.0. The van der Waals surface area contributed by atoms with E-state index in [9.17, 15) is 16.8 Å². The molecule has 3 aromatic heterocycles. The number of anilines is 3. The monoisotopic (exact) mass is 599 g/mol. The molecule has 1 saturated heterocycles. The van der Waals surface area contributed by atoms with E-state index in [0.717, 1.165) is 20.5 Å². The molecule has 1 fully saturated rings. The third-order valence-electron chi connectivity index (χ3n) is 6.93. The van der Waals surface area contributed by atoms with Gasteiger partial charge in [0.2, 0.25) is 0 Å². The maximum atomic E-state index is 12.4. The van der Waals surface area contributed by atoms with E-state index >= 15 is 0 Å². The summed E-state index contributed by atoms with van der Waals surface area (Å²) in [5.41, 5.74) is 2.67. The number of nitrogens with zero attached hydrogens (tertiary/aromatic N) is 6. The summed E-state index contributed by atoms with van der Waals surface area (Å²) in [6, 6.07) is 7.91. The van der Waals surface area contributed by atoms with Gasteiger partial charge in [-0.2, -0.15) is 9.19 Å². The van der Waals surface area contributed by atoms with Gasteiger partial charge in [-0.25, -0.2) is 31.8 Å². The molecule has 41 heavy (non-hydrogen) atoms. The number of aromatic nitrogens is 5. The Morgan fingerprint density at radius 2 is 1.83 bits per heavy atom. The first kappa shape index (κ1) is 28.9. The summed E-state index contributed by atoms with van der Waals surface area (Å²) >= 11 is 0. The summed E-state index contributed by atoms with van der Waals surface area (Å²) in [6.45, 7) is 5.72. The molecule has 218 valence electrons. The Hall–Kier alpha value is -3.62. The topological polar surface area (TPSA) is 149 Å². The molecule has 4 aromatic rings. The highest BCUT2D eigenvalue weighted by molar-refractivity contribution is 7.90. The number of fused-ring (bicyclic) bond motifs is 1. The second-order valence-corrected chi connectivity index (χ2v) is 14.7. The Bertz CT molecular complexity index is 1780. The lowest BCUT2D eigenvalue weighted by Crippen LogP contribution is -2.49. The molecule has 5 rings (SSSR count). The zero-order valence-electron chi connectivity index (χ0n) is 23.4. The van der Waals surface area contributed by atoms with Crippen molar-refractivity contribution in [3.63, 3.8) is 0 Å². The van der Waals surface area contributed by atoms with Crippen LogP contribution in [-0.4, -0.2) is 85.5 Å². The fourth-order valence-corrected chi connectivity index (χ4v) is 7.04. The van der Waals surface area contributed by atoms with E-state index in [0.29, 0.717) is 36.1 Å². The van der Waals surface area contributed by atoms with Gasteiger partial charge in [-0.05, 0) is 35.1 Å². The minimum atomic E-state index is -3.65. The van der Waals surface area contributed by atoms with Crippen LogP contribution in [0.15, 0.2) is 49.1 Å². The maximum Gasteiger partial charge on any atom is 0.256 e. The quantitative estimate of drug-likeness (QED) is 0.271. The molecule has 1 aliphatic heterocycles. The molecule has 1 N–H and O–H groups in total. The first-order valence-corrected chi connectivity index (χ1v) is 16.8. The highest BCUT2D eigenvalue weighted by Gasteiger charge is 2.31. The molecule has 0 unspecified atom stereocenters. The standard InChI is InChI=1S/C27H33N7O5S2/c1-18(2)21-5-6-24(33-14-19(15-33)17-40(4,35)36)23-13-29-26(11-22(21)23)31-25-7-8-28-27(32-25)20-12-30-34(16-20)41(37,38)10-9-39-3/h5-8,11-13,16,18-19H,9-10,14-15,17H2,1-4H3,(H,28,29,31,32). The van der Waals surface area contributed by atoms with Crippen LogP contribution in [0.5, 0.6) is 0 Å². The number of ether oxygens (including phenoxy) is 1. The first-order valence-electron chi connectivity index (χ1n) is 13.2. The lowest BCUT2D eigenvalue weighted by atomic mass is 9.93. The minimum Gasteiger partial charge on any atom is -0.384 e. The van der Waals surface area contributed by atoms with Crippen LogP contribution in [0.25, 0.3) is 22.2 Å². The van der Waals surface area contributed by atoms with Crippen LogP contribution in [0.2, 0.25) is 0 Å². The third kappa shape index (κ3) is 6.49. The van der Waals surface area contributed by atoms with Crippen LogP contribution in [0.3, 0.4) is 0 Å². The largest absolute Gasteiger partial charge is 0.384 e. The Morgan fingerprint density at radius 1 is 1.05 bits per heavy atom. The normalized spacial score (nSPS) is 14.5. The highest BCUT2D eigenvalue weighted by Crippen LogP contribution is 2.37. The second-order valence-electron chi connectivity index (χ2n) is 10.6. The van der Waals surface area contributed by atoms with E-state index in [4.69, 9.17) is 4.74 Å². The van der Waals surface area contributed by atoms with Crippen molar-refractivity contribution >= 4 is 48.0 Å². The molecular weight excluding hydrogens is 566 g/mol. The van der Waals surface area contributed by atoms with Gasteiger partial charge in [0.25, 0.3) is 10.0 Å². The zero-order chi connectivity index (χ0) is 29.4. The molecule has 4 heterocycles. The van der Waals surface area contributed by atoms with Gasteiger partial charge in [0, 0.05) is 55.8 Å². The van der Waals surface area contributed by atoms with Crippen molar-refractivity contribution in [1.29, 1.82) is 0 Å². The third-order valence-corrected chi connectivity index (χ3v) is 9.46. The van der Waals surface area contributed by atoms with Gasteiger partial charge < -0.3 is 15.0 Å². The molecule has 0 atom stereocenters. The summed E-state index contributed by atoms with van der Waals surface area (Å²) < 4.78 is 54.0. The molecule has 12 nitrogen and oxygen atoms in total. The summed E-state index contributed by atoms with van der Waals surface area (Å²) in [7, 11) is -5.22. The molecular formula is C27H33N7O5S2. The van der Waals surface area contributed by atoms with Gasteiger partial charge in [-0.15, -0.1) is 0 Å². The highest BCUT2D eigenvalue weighted by atomic mass is 32.2. The van der Waals surface area contributed by atoms with Gasteiger partial charge in [0.05, 0.1) is 36.1 Å². The first-order chi connectivity index (χ1) is 19.4. The molecule has 1 aromatic carbocycles. The van der Waals surface area contributed by atoms with Gasteiger partial charge in [0.1, 0.15) is 21.5 Å². The van der Waals surface area contributed by atoms with Crippen molar-refractivity contribution in [2.45, 2.75) is 19.8 Å². The molecule has 0 spiro atoms. The smallest absolute Gasteiger partial charge is 0.256 e. The van der Waals surface area contributed by atoms with Crippen LogP contribution in [-0.2, 0) is 24.6 Å². The number of benzene rings is 1. The lowest BCUT2D eigenvalue weighted by Gasteiger charge is -2.41. The second kappa shape index (κ2) is 11.3. The van der Waals surface area contributed by atoms with Crippen LogP contribution in [0.4, 0.5) is 17.3 Å². The average molecular weight is 600 g/mol. The van der Waals surface area contributed by atoms with E-state index in [-0.39, 0.29) is 29.9 Å². The predicted molar refractivity (Wildman–Crippen MR) is 159 cm³/mol. The fraction of sp³-hybridized carbons (Fsp3) is 0.407. The van der Waals surface area contributed by atoms with E-state index < -0.39 is 19.9 Å². The summed E-state index contributed by atoms with van der Waals surface area (Å²) in [5.74, 6) is 1.81. The molecule has 0 radical (unpaired) electrons. The van der Waals surface area contributed by atoms with Crippen molar-refractivity contribution in [3.8, 4) is 11.4 Å². The van der Waals surface area contributed by atoms with Crippen molar-refractivity contribution in [2.75, 3.05) is 54.8 Å². The fourth-order valence-electron chi connectivity index (χ4n) is 4.95. The van der Waals surface area contributed by atoms with E-state index in [1.807, 2.05) is 12.3 Å². The van der Waals surface area contributed by atoms with E-state index in [2.05, 4.69) is 56.2 Å². The Balaban J connectivity index is 1.39. The van der Waals surface area contributed by atoms with E-state index in [1.165, 1.54) is 31.3 Å². The molecule has 0 aliphatic carbocycles. The van der Waals surface area contributed by atoms with Gasteiger partial charge in [0.15, 0.2) is 5.82 Å². The molecule has 0 amide bonds. The van der Waals surface area contributed by atoms with Crippen LogP contribution in [0.1, 0.15) is 25.3 Å². The lowest BCUT2D eigenvalue weighted by molar-refractivity contribution is 0.217. The Labute approximate surface area is 239 Å². The van der Waals surface area contributed by atoms with Crippen molar-refractivity contribution in [1.82, 2.24) is 24.1 Å². The van der Waals surface area contributed by atoms with Crippen LogP contribution in [0, 0.1) is 5.92 Å². The number of pyridine rings is 1. The SMILES string of the molecule is COCCS(=O)(=O)n1cc(-c2nccc(Nc3cc4c(C(C)C)ccc(N5CC(CS(C)(=O)=O)C5)c4cn3)n2)cn1. The van der Waals surface area contributed by atoms with Crippen molar-refractivity contribution < 1.29 is 21.6 Å². The minimum absolute atomic E-state index is 0.0634. The molecule has 14 heteroatoms. The summed E-state index contributed by atoms with van der Waals surface area (Å²) in [5, 5.41) is 9.27. The molecule has 0 bridgehead atoms. The Kier molecular flexibility index (Phi) is 7.99. The number of hydrogen-bond donors (Lipinski definition) is 1. The number of rotatable bonds is 11. The van der Waals surface area contributed by atoms with Crippen LogP contribution < -0.4 is 10.2 Å². The van der Waals surface area contributed by atoms with Gasteiger partial charge in [-0.3, -0.25) is 0 Å². The molecule has 1 aliphatic rings. The Morgan fingerprint density at radius 3 is 2.54 bits per heavy atom. The molecule has 0 saturated carbocycles. The number of nitrogens with one attached hydrogen (secondary N) is 1. The summed E-state index contributed by atoms with van der Waals surface area (Å²) in [6.07, 6.45) is 7.48. The number of methoxy groups -OCH3 is 1. The maximum absolute atomic E-state index is 12.4. The van der Waals surface area contributed by atoms with E-state index in [1.54, 1.807) is 12.3 Å². The van der Waals surface area contributed by atoms with Crippen LogP contribution >= 0.6 is 0 Å². The number of hydrogen-bond acceptors (Lipinski definition) is 11. The summed E-state index contributed by atoms with van der Waals surface area (Å²) in [4.78, 5) is 15.7. The predicted octanol–water partition coefficient (Wildman–Crippen LogP) is 3.06. The van der Waals surface area contributed by atoms with Gasteiger partial charge >= 0.3 is 0 Å². The van der Waals surface area contributed by atoms with Gasteiger partial charge in [-0.1, -0.05) is 19.9 Å². The number of sulfone groups is 1. The van der Waals surface area contributed by atoms with Crippen molar-refractivity contribution in [3.05, 3.63) is 54.6 Å². The van der Waals surface area contributed by atoms with Crippen molar-refractivity contribution in [2.24, 2.45) is 5.92 Å².